The summed E-state index contributed by atoms with van der Waals surface area (Å²) in [5, 5.41) is 4.90. The second kappa shape index (κ2) is 12.3. The van der Waals surface area contributed by atoms with Crippen LogP contribution in [-0.4, -0.2) is 9.97 Å². The van der Waals surface area contributed by atoms with Gasteiger partial charge in [0.1, 0.15) is 0 Å². The molecule has 0 radical (unpaired) electrons. The van der Waals surface area contributed by atoms with E-state index in [1.807, 2.05) is 0 Å². The molecule has 0 saturated heterocycles. The van der Waals surface area contributed by atoms with Gasteiger partial charge in [0.25, 0.3) is 0 Å². The van der Waals surface area contributed by atoms with Gasteiger partial charge in [0.2, 0.25) is 0 Å². The van der Waals surface area contributed by atoms with Gasteiger partial charge in [-0.3, -0.25) is 0 Å². The number of benzene rings is 9. The molecule has 264 valence electrons. The van der Waals surface area contributed by atoms with E-state index in [1.54, 1.807) is 0 Å². The first-order chi connectivity index (χ1) is 28.2. The van der Waals surface area contributed by atoms with Crippen LogP contribution in [0.25, 0.3) is 88.8 Å². The van der Waals surface area contributed by atoms with Crippen molar-refractivity contribution >= 4 is 21.5 Å². The van der Waals surface area contributed by atoms with Crippen molar-refractivity contribution < 1.29 is 0 Å². The van der Waals surface area contributed by atoms with Crippen molar-refractivity contribution in [2.24, 2.45) is 0 Å². The number of hydrogen-bond donors (Lipinski definition) is 0. The second-order valence-electron chi connectivity index (χ2n) is 15.3. The summed E-state index contributed by atoms with van der Waals surface area (Å²) in [5.41, 5.74) is 17.0. The van der Waals surface area contributed by atoms with Crippen molar-refractivity contribution in [2.75, 3.05) is 0 Å². The molecule has 12 rings (SSSR count). The lowest BCUT2D eigenvalue weighted by Crippen LogP contribution is -2.25. The fourth-order valence-corrected chi connectivity index (χ4v) is 9.76. The number of aromatic nitrogens is 2. The highest BCUT2D eigenvalue weighted by Gasteiger charge is 2.52. The molecule has 0 N–H and O–H groups in total. The molecule has 9 aromatic carbocycles. The third-order valence-electron chi connectivity index (χ3n) is 12.3. The molecule has 1 heterocycles. The van der Waals surface area contributed by atoms with Crippen LogP contribution in [-0.2, 0) is 5.41 Å². The van der Waals surface area contributed by atoms with Crippen LogP contribution in [0.3, 0.4) is 0 Å². The lowest BCUT2D eigenvalue weighted by molar-refractivity contribution is 0.795. The Labute approximate surface area is 331 Å². The van der Waals surface area contributed by atoms with Gasteiger partial charge in [-0.1, -0.05) is 176 Å². The molecule has 1 atom stereocenters. The highest BCUT2D eigenvalue weighted by atomic mass is 14.9. The molecule has 10 aromatic rings. The highest BCUT2D eigenvalue weighted by Crippen LogP contribution is 2.64. The van der Waals surface area contributed by atoms with E-state index in [9.17, 15) is 0 Å². The molecule has 2 aliphatic rings. The Hall–Kier alpha value is -7.42. The first-order valence-corrected chi connectivity index (χ1v) is 19.6. The maximum Gasteiger partial charge on any atom is 0.161 e. The minimum absolute atomic E-state index is 0.485. The van der Waals surface area contributed by atoms with Crippen LogP contribution in [0.1, 0.15) is 22.3 Å². The van der Waals surface area contributed by atoms with Crippen molar-refractivity contribution in [3.8, 4) is 67.3 Å². The predicted octanol–water partition coefficient (Wildman–Crippen LogP) is 13.8. The first kappa shape index (κ1) is 31.9. The summed E-state index contributed by atoms with van der Waals surface area (Å²) in [7, 11) is 0. The van der Waals surface area contributed by atoms with E-state index in [0.717, 1.165) is 39.5 Å². The molecule has 2 aliphatic carbocycles. The van der Waals surface area contributed by atoms with Gasteiger partial charge in [-0.25, -0.2) is 9.97 Å². The second-order valence-corrected chi connectivity index (χ2v) is 15.3. The normalized spacial score (nSPS) is 14.7. The van der Waals surface area contributed by atoms with E-state index in [1.165, 1.54) is 71.6 Å². The van der Waals surface area contributed by atoms with Crippen LogP contribution in [0.5, 0.6) is 0 Å². The van der Waals surface area contributed by atoms with Gasteiger partial charge < -0.3 is 0 Å². The van der Waals surface area contributed by atoms with Crippen LogP contribution in [0, 0.1) is 0 Å². The van der Waals surface area contributed by atoms with E-state index in [4.69, 9.17) is 9.97 Å². The Morgan fingerprint density at radius 3 is 1.61 bits per heavy atom. The van der Waals surface area contributed by atoms with Gasteiger partial charge in [0.15, 0.2) is 5.82 Å². The fourth-order valence-electron chi connectivity index (χ4n) is 9.76. The van der Waals surface area contributed by atoms with Crippen LogP contribution < -0.4 is 0 Å². The first-order valence-electron chi connectivity index (χ1n) is 19.6. The smallest absolute Gasteiger partial charge is 0.161 e. The van der Waals surface area contributed by atoms with E-state index in [2.05, 4.69) is 206 Å². The Bertz CT molecular complexity index is 3250. The van der Waals surface area contributed by atoms with Crippen molar-refractivity contribution in [3.63, 3.8) is 0 Å². The minimum Gasteiger partial charge on any atom is -0.228 e. The Morgan fingerprint density at radius 1 is 0.281 bits per heavy atom. The number of hydrogen-bond acceptors (Lipinski definition) is 2. The minimum atomic E-state index is -0.485. The summed E-state index contributed by atoms with van der Waals surface area (Å²) in [6, 6.07) is 75.0. The van der Waals surface area contributed by atoms with Crippen LogP contribution in [0.4, 0.5) is 0 Å². The molecular weight excluding hydrogens is 689 g/mol. The molecular formula is C55H34N2. The molecule has 1 aromatic heterocycles. The summed E-state index contributed by atoms with van der Waals surface area (Å²) >= 11 is 0. The lowest BCUT2D eigenvalue weighted by Gasteiger charge is -2.30. The van der Waals surface area contributed by atoms with Gasteiger partial charge in [-0.05, 0) is 108 Å². The summed E-state index contributed by atoms with van der Waals surface area (Å²) in [4.78, 5) is 11.0. The largest absolute Gasteiger partial charge is 0.228 e. The van der Waals surface area contributed by atoms with Gasteiger partial charge in [0, 0.05) is 16.7 Å². The van der Waals surface area contributed by atoms with Crippen molar-refractivity contribution in [2.45, 2.75) is 5.41 Å². The third kappa shape index (κ3) is 4.71. The van der Waals surface area contributed by atoms with Crippen LogP contribution in [0.15, 0.2) is 206 Å². The standard InChI is InChI=1S/C55H34N2/c1-2-14-35(15-3-1)38-20-12-21-41(30-38)51-34-52(42-29-28-36-16-4-5-17-37(36)31-42)57-54(56-51)45-24-13-27-49-53(45)44-23-9-11-26-48(44)55(49)47-25-10-8-22-43(47)46-32-39-18-6-7-19-40(39)33-50(46)55/h1-34H. The summed E-state index contributed by atoms with van der Waals surface area (Å²) in [6.45, 7) is 0. The molecule has 0 amide bonds. The SMILES string of the molecule is c1ccc(-c2cccc(-c3cc(-c4ccc5ccccc5c4)nc(-c4cccc5c4-c4ccccc4C54c5ccccc5-c5cc6ccccc6cc54)n3)c2)cc1. The Balaban J connectivity index is 1.13. The van der Waals surface area contributed by atoms with Gasteiger partial charge in [0.05, 0.1) is 16.8 Å². The molecule has 2 nitrogen and oxygen atoms in total. The third-order valence-corrected chi connectivity index (χ3v) is 12.3. The van der Waals surface area contributed by atoms with Gasteiger partial charge >= 0.3 is 0 Å². The highest BCUT2D eigenvalue weighted by molar-refractivity contribution is 6.02. The number of nitrogens with zero attached hydrogens (tertiary/aromatic N) is 2. The zero-order valence-electron chi connectivity index (χ0n) is 31.0. The summed E-state index contributed by atoms with van der Waals surface area (Å²) in [5.74, 6) is 0.717. The molecule has 2 heteroatoms. The maximum atomic E-state index is 5.48. The average molecular weight is 723 g/mol. The molecule has 0 aliphatic heterocycles. The predicted molar refractivity (Wildman–Crippen MR) is 235 cm³/mol. The van der Waals surface area contributed by atoms with Crippen molar-refractivity contribution in [1.29, 1.82) is 0 Å². The van der Waals surface area contributed by atoms with Crippen LogP contribution >= 0.6 is 0 Å². The van der Waals surface area contributed by atoms with E-state index in [-0.39, 0.29) is 0 Å². The molecule has 0 bridgehead atoms. The van der Waals surface area contributed by atoms with Gasteiger partial charge in [-0.15, -0.1) is 0 Å². The Morgan fingerprint density at radius 2 is 0.825 bits per heavy atom. The number of rotatable bonds is 4. The summed E-state index contributed by atoms with van der Waals surface area (Å²) < 4.78 is 0. The molecule has 1 spiro atoms. The summed E-state index contributed by atoms with van der Waals surface area (Å²) in [6.07, 6.45) is 0. The molecule has 0 fully saturated rings. The van der Waals surface area contributed by atoms with E-state index in [0.29, 0.717) is 0 Å². The maximum absolute atomic E-state index is 5.48. The fraction of sp³-hybridized carbons (Fsp3) is 0.0182. The van der Waals surface area contributed by atoms with Crippen LogP contribution in [0.2, 0.25) is 0 Å². The van der Waals surface area contributed by atoms with E-state index >= 15 is 0 Å². The monoisotopic (exact) mass is 722 g/mol. The zero-order chi connectivity index (χ0) is 37.5. The topological polar surface area (TPSA) is 25.8 Å². The molecule has 57 heavy (non-hydrogen) atoms. The average Bonchev–Trinajstić information content (AvgIpc) is 3.75. The zero-order valence-corrected chi connectivity index (χ0v) is 31.0. The van der Waals surface area contributed by atoms with Crippen molar-refractivity contribution in [1.82, 2.24) is 9.97 Å². The molecule has 1 unspecified atom stereocenters. The molecule has 0 saturated carbocycles. The quantitative estimate of drug-likeness (QED) is 0.181. The van der Waals surface area contributed by atoms with Gasteiger partial charge in [-0.2, -0.15) is 0 Å². The Kier molecular flexibility index (Phi) is 6.88. The van der Waals surface area contributed by atoms with Crippen molar-refractivity contribution in [3.05, 3.63) is 229 Å². The van der Waals surface area contributed by atoms with E-state index < -0.39 is 5.41 Å². The number of fused-ring (bicyclic) bond motifs is 12. The lowest BCUT2D eigenvalue weighted by atomic mass is 9.70.